The van der Waals surface area contributed by atoms with E-state index < -0.39 is 4.92 Å². The molecule has 0 fully saturated rings. The normalized spacial score (nSPS) is 10.9. The van der Waals surface area contributed by atoms with E-state index in [2.05, 4.69) is 0 Å². The zero-order chi connectivity index (χ0) is 12.8. The van der Waals surface area contributed by atoms with Crippen molar-refractivity contribution < 1.29 is 9.34 Å². The summed E-state index contributed by atoms with van der Waals surface area (Å²) < 4.78 is 5.26. The number of aryl methyl sites for hydroxylation is 2. The van der Waals surface area contributed by atoms with Crippen molar-refractivity contribution in [2.24, 2.45) is 0 Å². The van der Waals surface area contributed by atoms with Gasteiger partial charge in [-0.05, 0) is 29.7 Å². The lowest BCUT2D eigenvalue weighted by molar-refractivity contribution is -0.400. The van der Waals surface area contributed by atoms with Gasteiger partial charge in [0.15, 0.2) is 0 Å². The lowest BCUT2D eigenvalue weighted by atomic mass is 10.1. The average Bonchev–Trinajstić information content (AvgIpc) is 2.88. The van der Waals surface area contributed by atoms with Gasteiger partial charge in [-0.3, -0.25) is 10.1 Å². The van der Waals surface area contributed by atoms with Crippen LogP contribution in [0, 0.1) is 10.1 Å². The third-order valence-electron chi connectivity index (χ3n) is 2.61. The number of hydrogen-bond acceptors (Lipinski definition) is 3. The molecular weight excluding hydrogens is 230 g/mol. The fourth-order valence-electron chi connectivity index (χ4n) is 1.66. The monoisotopic (exact) mass is 243 g/mol. The van der Waals surface area contributed by atoms with E-state index in [0.717, 1.165) is 30.4 Å². The molecule has 0 N–H and O–H groups in total. The van der Waals surface area contributed by atoms with E-state index >= 15 is 0 Å². The van der Waals surface area contributed by atoms with Crippen molar-refractivity contribution in [2.75, 3.05) is 0 Å². The van der Waals surface area contributed by atoms with Crippen LogP contribution >= 0.6 is 0 Å². The molecule has 0 aliphatic rings. The molecule has 0 amide bonds. The molecule has 18 heavy (non-hydrogen) atoms. The summed E-state index contributed by atoms with van der Waals surface area (Å²) in [4.78, 5) is 9.71. The van der Waals surface area contributed by atoms with Gasteiger partial charge in [0.2, 0.25) is 6.20 Å². The van der Waals surface area contributed by atoms with E-state index in [1.54, 1.807) is 6.26 Å². The second-order valence-electron chi connectivity index (χ2n) is 3.92. The number of benzene rings is 1. The third kappa shape index (κ3) is 3.59. The highest BCUT2D eigenvalue weighted by Crippen LogP contribution is 2.10. The van der Waals surface area contributed by atoms with Crippen LogP contribution in [-0.4, -0.2) is 4.92 Å². The van der Waals surface area contributed by atoms with Crippen LogP contribution in [0.3, 0.4) is 0 Å². The van der Waals surface area contributed by atoms with Crippen molar-refractivity contribution in [1.82, 2.24) is 0 Å². The number of furan rings is 1. The Bertz CT molecular complexity index is 527. The summed E-state index contributed by atoms with van der Waals surface area (Å²) >= 11 is 0. The summed E-state index contributed by atoms with van der Waals surface area (Å²) in [6.45, 7) is 0. The first-order valence-electron chi connectivity index (χ1n) is 5.67. The summed E-state index contributed by atoms with van der Waals surface area (Å²) in [7, 11) is 0. The molecule has 0 aliphatic heterocycles. The van der Waals surface area contributed by atoms with Crippen LogP contribution in [0.1, 0.15) is 16.9 Å². The Hall–Kier alpha value is -2.36. The number of nitrogens with zero attached hydrogens (tertiary/aromatic N) is 1. The van der Waals surface area contributed by atoms with Crippen molar-refractivity contribution in [3.8, 4) is 0 Å². The fraction of sp³-hybridized carbons (Fsp3) is 0.143. The van der Waals surface area contributed by atoms with E-state index in [1.807, 2.05) is 36.4 Å². The Labute approximate surface area is 105 Å². The van der Waals surface area contributed by atoms with Gasteiger partial charge in [0, 0.05) is 12.5 Å². The number of nitro groups is 1. The van der Waals surface area contributed by atoms with Crippen LogP contribution in [0.4, 0.5) is 0 Å². The van der Waals surface area contributed by atoms with Gasteiger partial charge in [0.05, 0.1) is 11.2 Å². The van der Waals surface area contributed by atoms with Gasteiger partial charge in [-0.25, -0.2) is 0 Å². The highest BCUT2D eigenvalue weighted by Gasteiger charge is 1.98. The minimum Gasteiger partial charge on any atom is -0.469 e. The Morgan fingerprint density at radius 3 is 2.56 bits per heavy atom. The molecule has 92 valence electrons. The van der Waals surface area contributed by atoms with Gasteiger partial charge in [-0.1, -0.05) is 24.3 Å². The first kappa shape index (κ1) is 12.1. The molecule has 0 saturated heterocycles. The molecule has 1 aromatic heterocycles. The molecule has 1 aromatic carbocycles. The molecule has 0 unspecified atom stereocenters. The summed E-state index contributed by atoms with van der Waals surface area (Å²) in [6.07, 6.45) is 5.85. The fourth-order valence-corrected chi connectivity index (χ4v) is 1.66. The van der Waals surface area contributed by atoms with Crippen molar-refractivity contribution in [3.63, 3.8) is 0 Å². The quantitative estimate of drug-likeness (QED) is 0.598. The number of rotatable bonds is 5. The van der Waals surface area contributed by atoms with Crippen molar-refractivity contribution in [1.29, 1.82) is 0 Å². The van der Waals surface area contributed by atoms with Gasteiger partial charge >= 0.3 is 0 Å². The molecule has 2 aromatic rings. The second kappa shape index (κ2) is 5.82. The molecule has 0 radical (unpaired) electrons. The summed E-state index contributed by atoms with van der Waals surface area (Å²) in [6, 6.07) is 11.5. The Morgan fingerprint density at radius 2 is 1.94 bits per heavy atom. The van der Waals surface area contributed by atoms with Crippen LogP contribution < -0.4 is 0 Å². The molecule has 2 rings (SSSR count). The van der Waals surface area contributed by atoms with Gasteiger partial charge in [-0.15, -0.1) is 0 Å². The summed E-state index contributed by atoms with van der Waals surface area (Å²) in [5.41, 5.74) is 2.01. The standard InChI is InChI=1S/C14H13NO3/c16-15(17)10-9-13-5-3-12(4-6-13)7-8-14-2-1-11-18-14/h1-6,9-11H,7-8H2/b10-9+. The van der Waals surface area contributed by atoms with E-state index in [1.165, 1.54) is 11.6 Å². The maximum Gasteiger partial charge on any atom is 0.235 e. The average molecular weight is 243 g/mol. The molecule has 4 nitrogen and oxygen atoms in total. The highest BCUT2D eigenvalue weighted by atomic mass is 16.6. The largest absolute Gasteiger partial charge is 0.469 e. The zero-order valence-corrected chi connectivity index (χ0v) is 9.78. The first-order valence-corrected chi connectivity index (χ1v) is 5.67. The van der Waals surface area contributed by atoms with E-state index in [-0.39, 0.29) is 0 Å². The first-order chi connectivity index (χ1) is 8.74. The van der Waals surface area contributed by atoms with Crippen molar-refractivity contribution >= 4 is 6.08 Å². The van der Waals surface area contributed by atoms with Crippen LogP contribution in [-0.2, 0) is 12.8 Å². The summed E-state index contributed by atoms with van der Waals surface area (Å²) in [5.74, 6) is 0.965. The topological polar surface area (TPSA) is 56.3 Å². The predicted octanol–water partition coefficient (Wildman–Crippen LogP) is 3.31. The molecule has 0 bridgehead atoms. The molecule has 0 aliphatic carbocycles. The lowest BCUT2D eigenvalue weighted by Gasteiger charge is -2.00. The summed E-state index contributed by atoms with van der Waals surface area (Å²) in [5, 5.41) is 10.2. The Kier molecular flexibility index (Phi) is 3.91. The number of hydrogen-bond donors (Lipinski definition) is 0. The van der Waals surface area contributed by atoms with Crippen LogP contribution in [0.15, 0.2) is 53.3 Å². The molecule has 0 spiro atoms. The highest BCUT2D eigenvalue weighted by molar-refractivity contribution is 5.48. The third-order valence-corrected chi connectivity index (χ3v) is 2.61. The molecular formula is C14H13NO3. The van der Waals surface area contributed by atoms with E-state index in [0.29, 0.717) is 0 Å². The maximum absolute atomic E-state index is 10.2. The lowest BCUT2D eigenvalue weighted by Crippen LogP contribution is -1.89. The molecule has 0 saturated carbocycles. The van der Waals surface area contributed by atoms with Crippen molar-refractivity contribution in [2.45, 2.75) is 12.8 Å². The minimum atomic E-state index is -0.467. The van der Waals surface area contributed by atoms with Crippen LogP contribution in [0.2, 0.25) is 0 Å². The van der Waals surface area contributed by atoms with E-state index in [9.17, 15) is 10.1 Å². The Balaban J connectivity index is 1.93. The van der Waals surface area contributed by atoms with Gasteiger partial charge in [0.1, 0.15) is 5.76 Å². The molecule has 4 heteroatoms. The smallest absolute Gasteiger partial charge is 0.235 e. The van der Waals surface area contributed by atoms with Crippen LogP contribution in [0.25, 0.3) is 6.08 Å². The second-order valence-corrected chi connectivity index (χ2v) is 3.92. The zero-order valence-electron chi connectivity index (χ0n) is 9.78. The molecule has 1 heterocycles. The Morgan fingerprint density at radius 1 is 1.17 bits per heavy atom. The molecule has 0 atom stereocenters. The van der Waals surface area contributed by atoms with Gasteiger partial charge in [-0.2, -0.15) is 0 Å². The minimum absolute atomic E-state index is 0.467. The SMILES string of the molecule is O=[N+]([O-])/C=C/c1ccc(CCc2ccco2)cc1. The van der Waals surface area contributed by atoms with Gasteiger partial charge in [0.25, 0.3) is 0 Å². The van der Waals surface area contributed by atoms with Crippen LogP contribution in [0.5, 0.6) is 0 Å². The maximum atomic E-state index is 10.2. The van der Waals surface area contributed by atoms with E-state index in [4.69, 9.17) is 4.42 Å². The predicted molar refractivity (Wildman–Crippen MR) is 68.6 cm³/mol. The van der Waals surface area contributed by atoms with Crippen molar-refractivity contribution in [3.05, 3.63) is 75.9 Å². The van der Waals surface area contributed by atoms with Gasteiger partial charge < -0.3 is 4.42 Å².